The van der Waals surface area contributed by atoms with Crippen LogP contribution in [0.25, 0.3) is 10.9 Å². The topological polar surface area (TPSA) is 65.1 Å². The van der Waals surface area contributed by atoms with E-state index in [-0.39, 0.29) is 0 Å². The van der Waals surface area contributed by atoms with E-state index in [2.05, 4.69) is 54.1 Å². The van der Waals surface area contributed by atoms with Gasteiger partial charge in [-0.2, -0.15) is 4.98 Å². The van der Waals surface area contributed by atoms with E-state index in [1.54, 1.807) is 0 Å². The van der Waals surface area contributed by atoms with Crippen LogP contribution in [0.15, 0.2) is 42.5 Å². The third-order valence-corrected chi connectivity index (χ3v) is 6.70. The highest BCUT2D eigenvalue weighted by molar-refractivity contribution is 7.80. The van der Waals surface area contributed by atoms with Gasteiger partial charge in [-0.05, 0) is 80.9 Å². The van der Waals surface area contributed by atoms with Crippen molar-refractivity contribution in [3.63, 3.8) is 0 Å². The Labute approximate surface area is 202 Å². The quantitative estimate of drug-likeness (QED) is 0.431. The summed E-state index contributed by atoms with van der Waals surface area (Å²) in [6.45, 7) is 5.11. The zero-order valence-electron chi connectivity index (χ0n) is 20.0. The third-order valence-electron chi connectivity index (χ3n) is 6.46. The van der Waals surface area contributed by atoms with Crippen LogP contribution in [-0.2, 0) is 0 Å². The highest BCUT2D eigenvalue weighted by atomic mass is 32.1. The Hall–Kier alpha value is -2.93. The minimum absolute atomic E-state index is 0.400. The van der Waals surface area contributed by atoms with E-state index in [0.29, 0.717) is 17.1 Å². The van der Waals surface area contributed by atoms with Gasteiger partial charge in [0.2, 0.25) is 5.95 Å². The molecule has 0 spiro atoms. The van der Waals surface area contributed by atoms with Crippen LogP contribution in [0.1, 0.15) is 36.8 Å². The minimum Gasteiger partial charge on any atom is -0.362 e. The van der Waals surface area contributed by atoms with E-state index >= 15 is 0 Å². The zero-order chi connectivity index (χ0) is 23.4. The predicted octanol–water partition coefficient (Wildman–Crippen LogP) is 5.27. The smallest absolute Gasteiger partial charge is 0.225 e. The number of nitrogens with one attached hydrogen (secondary N) is 3. The Morgan fingerprint density at radius 3 is 2.36 bits per heavy atom. The molecule has 1 aromatic heterocycles. The number of hydrogen-bond acceptors (Lipinski definition) is 5. The molecule has 6 nitrogen and oxygen atoms in total. The molecule has 174 valence electrons. The van der Waals surface area contributed by atoms with Crippen molar-refractivity contribution in [1.29, 1.82) is 0 Å². The summed E-state index contributed by atoms with van der Waals surface area (Å²) in [6, 6.07) is 14.9. The number of anilines is 3. The van der Waals surface area contributed by atoms with Crippen molar-refractivity contribution in [2.24, 2.45) is 5.92 Å². The fourth-order valence-electron chi connectivity index (χ4n) is 4.57. The zero-order valence-corrected chi connectivity index (χ0v) is 20.8. The third kappa shape index (κ3) is 5.71. The van der Waals surface area contributed by atoms with Crippen LogP contribution < -0.4 is 20.9 Å². The highest BCUT2D eigenvalue weighted by Crippen LogP contribution is 2.28. The molecule has 1 aliphatic rings. The lowest BCUT2D eigenvalue weighted by atomic mass is 9.86. The Morgan fingerprint density at radius 1 is 0.970 bits per heavy atom. The summed E-state index contributed by atoms with van der Waals surface area (Å²) < 4.78 is 0. The standard InChI is InChI=1S/C26H34N6S/c1-17-8-7-9-18(2)23(17)30-26(33)27-16-19-12-14-20(15-13-19)28-25-29-22-11-6-5-10-21(22)24(31-25)32(3)4/h5-11,19-20H,12-16H2,1-4H3,(H2,27,30,33)(H,28,29,31). The second-order valence-corrected chi connectivity index (χ2v) is 9.65. The maximum atomic E-state index is 5.55. The van der Waals surface area contributed by atoms with Gasteiger partial charge in [-0.15, -0.1) is 0 Å². The molecule has 7 heteroatoms. The molecule has 3 N–H and O–H groups in total. The van der Waals surface area contributed by atoms with Gasteiger partial charge in [-0.1, -0.05) is 30.3 Å². The SMILES string of the molecule is Cc1cccc(C)c1NC(=S)NCC1CCC(Nc2nc(N(C)C)c3ccccc3n2)CC1. The van der Waals surface area contributed by atoms with Gasteiger partial charge in [0, 0.05) is 37.8 Å². The normalized spacial score (nSPS) is 18.1. The van der Waals surface area contributed by atoms with Crippen molar-refractivity contribution >= 4 is 45.7 Å². The van der Waals surface area contributed by atoms with Gasteiger partial charge in [-0.3, -0.25) is 0 Å². The van der Waals surface area contributed by atoms with Gasteiger partial charge in [0.25, 0.3) is 0 Å². The van der Waals surface area contributed by atoms with Crippen LogP contribution in [0.2, 0.25) is 0 Å². The first-order chi connectivity index (χ1) is 15.9. The second-order valence-electron chi connectivity index (χ2n) is 9.25. The molecular weight excluding hydrogens is 428 g/mol. The van der Waals surface area contributed by atoms with Crippen molar-refractivity contribution < 1.29 is 0 Å². The number of nitrogens with zero attached hydrogens (tertiary/aromatic N) is 3. The van der Waals surface area contributed by atoms with Crippen molar-refractivity contribution in [2.75, 3.05) is 36.2 Å². The number of rotatable bonds is 6. The van der Waals surface area contributed by atoms with Gasteiger partial charge in [-0.25, -0.2) is 4.98 Å². The molecule has 0 saturated heterocycles. The first-order valence-corrected chi connectivity index (χ1v) is 12.1. The molecule has 33 heavy (non-hydrogen) atoms. The lowest BCUT2D eigenvalue weighted by Gasteiger charge is -2.30. The minimum atomic E-state index is 0.400. The molecule has 0 unspecified atom stereocenters. The summed E-state index contributed by atoms with van der Waals surface area (Å²) in [5.74, 6) is 2.29. The van der Waals surface area contributed by atoms with Crippen LogP contribution in [0.4, 0.5) is 17.5 Å². The predicted molar refractivity (Wildman–Crippen MR) is 143 cm³/mol. The number of benzene rings is 2. The average molecular weight is 463 g/mol. The van der Waals surface area contributed by atoms with Crippen LogP contribution >= 0.6 is 12.2 Å². The van der Waals surface area contributed by atoms with Crippen LogP contribution in [0.5, 0.6) is 0 Å². The van der Waals surface area contributed by atoms with E-state index < -0.39 is 0 Å². The van der Waals surface area contributed by atoms with E-state index in [1.165, 1.54) is 11.1 Å². The lowest BCUT2D eigenvalue weighted by molar-refractivity contribution is 0.336. The van der Waals surface area contributed by atoms with Gasteiger partial charge in [0.1, 0.15) is 5.82 Å². The lowest BCUT2D eigenvalue weighted by Crippen LogP contribution is -2.36. The Morgan fingerprint density at radius 2 is 1.67 bits per heavy atom. The van der Waals surface area contributed by atoms with E-state index in [9.17, 15) is 0 Å². The number of thiocarbonyl (C=S) groups is 1. The van der Waals surface area contributed by atoms with Gasteiger partial charge in [0.15, 0.2) is 5.11 Å². The van der Waals surface area contributed by atoms with E-state index in [1.807, 2.05) is 37.2 Å². The number of fused-ring (bicyclic) bond motifs is 1. The largest absolute Gasteiger partial charge is 0.362 e. The molecule has 0 bridgehead atoms. The molecular formula is C26H34N6S. The summed E-state index contributed by atoms with van der Waals surface area (Å²) in [4.78, 5) is 11.6. The summed E-state index contributed by atoms with van der Waals surface area (Å²) in [7, 11) is 4.05. The summed E-state index contributed by atoms with van der Waals surface area (Å²) in [5.41, 5.74) is 4.50. The van der Waals surface area contributed by atoms with E-state index in [0.717, 1.165) is 60.6 Å². The Balaban J connectivity index is 1.28. The van der Waals surface area contributed by atoms with Crippen molar-refractivity contribution in [3.8, 4) is 0 Å². The number of aryl methyl sites for hydroxylation is 2. The average Bonchev–Trinajstić information content (AvgIpc) is 2.80. The molecule has 0 atom stereocenters. The number of hydrogen-bond donors (Lipinski definition) is 3. The highest BCUT2D eigenvalue weighted by Gasteiger charge is 2.22. The summed E-state index contributed by atoms with van der Waals surface area (Å²) >= 11 is 5.55. The maximum Gasteiger partial charge on any atom is 0.225 e. The molecule has 2 aromatic carbocycles. The molecule has 1 fully saturated rings. The molecule has 1 saturated carbocycles. The summed E-state index contributed by atoms with van der Waals surface area (Å²) in [5, 5.41) is 12.2. The van der Waals surface area contributed by atoms with Crippen molar-refractivity contribution in [3.05, 3.63) is 53.6 Å². The Kier molecular flexibility index (Phi) is 7.28. The van der Waals surface area contributed by atoms with Gasteiger partial charge in [0.05, 0.1) is 5.52 Å². The fourth-order valence-corrected chi connectivity index (χ4v) is 4.75. The molecule has 4 rings (SSSR count). The van der Waals surface area contributed by atoms with E-state index in [4.69, 9.17) is 22.2 Å². The van der Waals surface area contributed by atoms with Crippen LogP contribution in [0, 0.1) is 19.8 Å². The molecule has 1 heterocycles. The molecule has 3 aromatic rings. The van der Waals surface area contributed by atoms with Crippen molar-refractivity contribution in [2.45, 2.75) is 45.6 Å². The fraction of sp³-hybridized carbons (Fsp3) is 0.423. The first-order valence-electron chi connectivity index (χ1n) is 11.7. The maximum absolute atomic E-state index is 5.55. The number of aromatic nitrogens is 2. The van der Waals surface area contributed by atoms with Gasteiger partial charge >= 0.3 is 0 Å². The second kappa shape index (κ2) is 10.3. The van der Waals surface area contributed by atoms with Gasteiger partial charge < -0.3 is 20.9 Å². The Bertz CT molecular complexity index is 1100. The van der Waals surface area contributed by atoms with Crippen LogP contribution in [0.3, 0.4) is 0 Å². The summed E-state index contributed by atoms with van der Waals surface area (Å²) in [6.07, 6.45) is 4.53. The molecule has 0 radical (unpaired) electrons. The monoisotopic (exact) mass is 462 g/mol. The molecule has 0 amide bonds. The molecule has 0 aliphatic heterocycles. The van der Waals surface area contributed by atoms with Crippen molar-refractivity contribution in [1.82, 2.24) is 15.3 Å². The number of para-hydroxylation sites is 2. The molecule has 1 aliphatic carbocycles. The van der Waals surface area contributed by atoms with Crippen LogP contribution in [-0.4, -0.2) is 41.8 Å². The first kappa shape index (κ1) is 23.2.